The number of benzene rings is 1. The van der Waals surface area contributed by atoms with E-state index in [1.165, 1.54) is 0 Å². The summed E-state index contributed by atoms with van der Waals surface area (Å²) in [4.78, 5) is 11.2. The number of halogens is 1. The van der Waals surface area contributed by atoms with Crippen molar-refractivity contribution in [2.45, 2.75) is 12.8 Å². The zero-order chi connectivity index (χ0) is 9.68. The first kappa shape index (κ1) is 10.1. The van der Waals surface area contributed by atoms with E-state index < -0.39 is 0 Å². The predicted molar refractivity (Wildman–Crippen MR) is 51.7 cm³/mol. The van der Waals surface area contributed by atoms with Crippen molar-refractivity contribution in [3.63, 3.8) is 0 Å². The Morgan fingerprint density at radius 3 is 2.62 bits per heavy atom. The summed E-state index contributed by atoms with van der Waals surface area (Å²) in [5.74, 6) is -0.541. The maximum atomic E-state index is 11.2. The molecule has 70 valence electrons. The van der Waals surface area contributed by atoms with Gasteiger partial charge in [0, 0.05) is 0 Å². The number of carbonyl (C=O) groups is 1. The first-order valence-corrected chi connectivity index (χ1v) is 4.56. The highest BCUT2D eigenvalue weighted by Gasteiger charge is 2.15. The molecule has 0 bridgehead atoms. The van der Waals surface area contributed by atoms with Crippen molar-refractivity contribution in [2.75, 3.05) is 6.07 Å². The van der Waals surface area contributed by atoms with Crippen molar-refractivity contribution in [1.29, 1.82) is 0 Å². The van der Waals surface area contributed by atoms with Gasteiger partial charge in [0.2, 0.25) is 0 Å². The van der Waals surface area contributed by atoms with Crippen LogP contribution in [0.3, 0.4) is 0 Å². The van der Waals surface area contributed by atoms with E-state index in [2.05, 4.69) is 4.74 Å². The molecule has 1 atom stereocenters. The van der Waals surface area contributed by atoms with Gasteiger partial charge in [0.1, 0.15) is 0 Å². The van der Waals surface area contributed by atoms with Crippen LogP contribution < -0.4 is 0 Å². The zero-order valence-electron chi connectivity index (χ0n) is 7.37. The van der Waals surface area contributed by atoms with Crippen LogP contribution in [0.1, 0.15) is 18.4 Å². The van der Waals surface area contributed by atoms with Crippen molar-refractivity contribution >= 4 is 17.6 Å². The maximum absolute atomic E-state index is 11.2. The summed E-state index contributed by atoms with van der Waals surface area (Å²) in [6, 6.07) is 9.37. The summed E-state index contributed by atoms with van der Waals surface area (Å²) in [6.07, 6.45) is 0. The highest BCUT2D eigenvalue weighted by molar-refractivity contribution is 6.17. The van der Waals surface area contributed by atoms with E-state index in [1.54, 1.807) is 6.92 Å². The third-order valence-electron chi connectivity index (χ3n) is 1.85. The molecule has 1 aromatic rings. The van der Waals surface area contributed by atoms with Crippen LogP contribution in [0, 0.1) is 0 Å². The summed E-state index contributed by atoms with van der Waals surface area (Å²) in [6.45, 7) is 1.80. The van der Waals surface area contributed by atoms with E-state index in [-0.39, 0.29) is 18.0 Å². The Morgan fingerprint density at radius 1 is 1.46 bits per heavy atom. The zero-order valence-corrected chi connectivity index (χ0v) is 8.12. The highest BCUT2D eigenvalue weighted by Crippen LogP contribution is 2.15. The minimum atomic E-state index is -0.291. The SMILES string of the molecule is CC(C(=O)OCCl)c1ccccc1. The highest BCUT2D eigenvalue weighted by atomic mass is 35.5. The second-order valence-corrected chi connectivity index (χ2v) is 2.92. The lowest BCUT2D eigenvalue weighted by molar-refractivity contribution is -0.142. The lowest BCUT2D eigenvalue weighted by Crippen LogP contribution is -2.12. The fraction of sp³-hybridized carbons (Fsp3) is 0.300. The van der Waals surface area contributed by atoms with E-state index >= 15 is 0 Å². The molecule has 0 aliphatic heterocycles. The molecular formula is C10H11ClO2. The third-order valence-corrected chi connectivity index (χ3v) is 1.96. The molecule has 0 fully saturated rings. The van der Waals surface area contributed by atoms with E-state index in [0.717, 1.165) is 5.56 Å². The Kier molecular flexibility index (Phi) is 3.77. The smallest absolute Gasteiger partial charge is 0.314 e. The number of hydrogen-bond donors (Lipinski definition) is 0. The first-order valence-electron chi connectivity index (χ1n) is 4.03. The molecule has 13 heavy (non-hydrogen) atoms. The molecule has 2 nitrogen and oxygen atoms in total. The largest absolute Gasteiger partial charge is 0.449 e. The van der Waals surface area contributed by atoms with Gasteiger partial charge in [-0.15, -0.1) is 0 Å². The fourth-order valence-electron chi connectivity index (χ4n) is 1.06. The molecule has 0 aromatic heterocycles. The van der Waals surface area contributed by atoms with Crippen molar-refractivity contribution in [3.05, 3.63) is 35.9 Å². The number of hydrogen-bond acceptors (Lipinski definition) is 2. The number of esters is 1. The van der Waals surface area contributed by atoms with Crippen molar-refractivity contribution in [1.82, 2.24) is 0 Å². The van der Waals surface area contributed by atoms with Crippen LogP contribution in [0.15, 0.2) is 30.3 Å². The Morgan fingerprint density at radius 2 is 2.08 bits per heavy atom. The first-order chi connectivity index (χ1) is 6.25. The molecule has 0 saturated carbocycles. The molecule has 1 unspecified atom stereocenters. The van der Waals surface area contributed by atoms with Gasteiger partial charge >= 0.3 is 5.97 Å². The molecule has 0 spiro atoms. The molecule has 1 rings (SSSR count). The summed E-state index contributed by atoms with van der Waals surface area (Å²) >= 11 is 5.28. The lowest BCUT2D eigenvalue weighted by Gasteiger charge is -2.09. The summed E-state index contributed by atoms with van der Waals surface area (Å²) in [5.41, 5.74) is 0.942. The van der Waals surface area contributed by atoms with Gasteiger partial charge in [0.15, 0.2) is 6.07 Å². The quantitative estimate of drug-likeness (QED) is 0.551. The molecule has 1 aromatic carbocycles. The lowest BCUT2D eigenvalue weighted by atomic mass is 10.0. The molecule has 0 aliphatic rings. The average molecular weight is 199 g/mol. The summed E-state index contributed by atoms with van der Waals surface area (Å²) in [5, 5.41) is 0. The molecule has 0 N–H and O–H groups in total. The molecule has 0 radical (unpaired) electrons. The number of ether oxygens (including phenoxy) is 1. The van der Waals surface area contributed by atoms with E-state index in [1.807, 2.05) is 30.3 Å². The average Bonchev–Trinajstić information content (AvgIpc) is 2.18. The molecule has 0 amide bonds. The Labute approximate surface area is 82.5 Å². The standard InChI is InChI=1S/C10H11ClO2/c1-8(10(12)13-7-11)9-5-3-2-4-6-9/h2-6,8H,7H2,1H3. The Balaban J connectivity index is 2.68. The summed E-state index contributed by atoms with van der Waals surface area (Å²) in [7, 11) is 0. The fourth-order valence-corrected chi connectivity index (χ4v) is 1.16. The normalized spacial score (nSPS) is 12.2. The van der Waals surface area contributed by atoms with Crippen LogP contribution in [-0.4, -0.2) is 12.0 Å². The van der Waals surface area contributed by atoms with Gasteiger partial charge < -0.3 is 4.74 Å². The number of rotatable bonds is 3. The molecule has 0 saturated heterocycles. The Bertz CT molecular complexity index is 272. The van der Waals surface area contributed by atoms with Gasteiger partial charge in [0.25, 0.3) is 0 Å². The van der Waals surface area contributed by atoms with Crippen LogP contribution in [0.5, 0.6) is 0 Å². The van der Waals surface area contributed by atoms with Crippen LogP contribution in [0.2, 0.25) is 0 Å². The van der Waals surface area contributed by atoms with Gasteiger partial charge in [-0.25, -0.2) is 0 Å². The van der Waals surface area contributed by atoms with Crippen molar-refractivity contribution in [2.24, 2.45) is 0 Å². The molecule has 3 heteroatoms. The minimum Gasteiger partial charge on any atom is -0.449 e. The van der Waals surface area contributed by atoms with Crippen LogP contribution in [-0.2, 0) is 9.53 Å². The monoisotopic (exact) mass is 198 g/mol. The van der Waals surface area contributed by atoms with Gasteiger partial charge in [0.05, 0.1) is 5.92 Å². The predicted octanol–water partition coefficient (Wildman–Crippen LogP) is 2.53. The number of carbonyl (C=O) groups excluding carboxylic acids is 1. The van der Waals surface area contributed by atoms with E-state index in [4.69, 9.17) is 11.6 Å². The Hall–Kier alpha value is -1.02. The van der Waals surface area contributed by atoms with Gasteiger partial charge in [-0.1, -0.05) is 41.9 Å². The number of alkyl halides is 1. The van der Waals surface area contributed by atoms with Crippen molar-refractivity contribution in [3.8, 4) is 0 Å². The maximum Gasteiger partial charge on any atom is 0.314 e. The van der Waals surface area contributed by atoms with Crippen LogP contribution in [0.4, 0.5) is 0 Å². The molecule has 0 aliphatic carbocycles. The van der Waals surface area contributed by atoms with E-state index in [0.29, 0.717) is 0 Å². The van der Waals surface area contributed by atoms with Crippen LogP contribution >= 0.6 is 11.6 Å². The van der Waals surface area contributed by atoms with Gasteiger partial charge in [-0.05, 0) is 12.5 Å². The van der Waals surface area contributed by atoms with Crippen LogP contribution in [0.25, 0.3) is 0 Å². The van der Waals surface area contributed by atoms with Gasteiger partial charge in [-0.2, -0.15) is 0 Å². The second kappa shape index (κ2) is 4.87. The second-order valence-electron chi connectivity index (χ2n) is 2.70. The third kappa shape index (κ3) is 2.74. The minimum absolute atomic E-state index is 0.0873. The van der Waals surface area contributed by atoms with Gasteiger partial charge in [-0.3, -0.25) is 4.79 Å². The topological polar surface area (TPSA) is 26.3 Å². The summed E-state index contributed by atoms with van der Waals surface area (Å²) < 4.78 is 4.68. The molecule has 0 heterocycles. The van der Waals surface area contributed by atoms with Crippen molar-refractivity contribution < 1.29 is 9.53 Å². The molecular weight excluding hydrogens is 188 g/mol. The van der Waals surface area contributed by atoms with E-state index in [9.17, 15) is 4.79 Å².